The van der Waals surface area contributed by atoms with E-state index in [0.717, 1.165) is 38.5 Å². The quantitative estimate of drug-likeness (QED) is 0.0690. The molecule has 0 radical (unpaired) electrons. The maximum Gasteiger partial charge on any atom is 0.526 e. The molecule has 0 saturated heterocycles. The highest BCUT2D eigenvalue weighted by molar-refractivity contribution is 5.79. The van der Waals surface area contributed by atoms with Gasteiger partial charge in [-0.2, -0.15) is 26.3 Å². The number of halogens is 11. The molecular formula is C23H36F11NO2. The van der Waals surface area contributed by atoms with Crippen LogP contribution in [0, 0.1) is 5.92 Å². The zero-order valence-corrected chi connectivity index (χ0v) is 20.7. The van der Waals surface area contributed by atoms with Crippen LogP contribution in [0.3, 0.4) is 0 Å². The number of alkyl halides is 11. The monoisotopic (exact) mass is 567 g/mol. The molecule has 0 saturated carbocycles. The lowest BCUT2D eigenvalue weighted by molar-refractivity contribution is -0.466. The van der Waals surface area contributed by atoms with Gasteiger partial charge in [0.15, 0.2) is 0 Å². The van der Waals surface area contributed by atoms with E-state index in [4.69, 9.17) is 0 Å². The highest BCUT2D eigenvalue weighted by atomic mass is 19.4. The van der Waals surface area contributed by atoms with Gasteiger partial charge in [0.25, 0.3) is 0 Å². The minimum absolute atomic E-state index is 0.0800. The van der Waals surface area contributed by atoms with Crippen molar-refractivity contribution in [1.29, 1.82) is 0 Å². The first-order valence-electron chi connectivity index (χ1n) is 12.5. The molecule has 0 aliphatic heterocycles. The van der Waals surface area contributed by atoms with Crippen molar-refractivity contribution in [3.63, 3.8) is 0 Å². The summed E-state index contributed by atoms with van der Waals surface area (Å²) in [6.07, 6.45) is -5.01. The van der Waals surface area contributed by atoms with E-state index >= 15 is 0 Å². The van der Waals surface area contributed by atoms with E-state index in [2.05, 4.69) is 11.7 Å². The minimum Gasteiger partial charge on any atom is -0.295 e. The molecule has 3 nitrogen and oxygen atoms in total. The van der Waals surface area contributed by atoms with Crippen molar-refractivity contribution >= 4 is 5.91 Å². The fraction of sp³-hybridized carbons (Fsp3) is 0.957. The minimum atomic E-state index is -6.94. The Hall–Kier alpha value is -1.34. The van der Waals surface area contributed by atoms with Gasteiger partial charge < -0.3 is 0 Å². The van der Waals surface area contributed by atoms with Gasteiger partial charge >= 0.3 is 24.4 Å². The number of hydrogen-bond acceptors (Lipinski definition) is 2. The van der Waals surface area contributed by atoms with Crippen LogP contribution < -0.4 is 5.32 Å². The fourth-order valence-electron chi connectivity index (χ4n) is 3.69. The molecule has 1 amide bonds. The van der Waals surface area contributed by atoms with E-state index in [1.165, 1.54) is 32.1 Å². The lowest BCUT2D eigenvalue weighted by Gasteiger charge is -2.35. The Bertz CT molecular complexity index is 627. The molecule has 0 aliphatic rings. The lowest BCUT2D eigenvalue weighted by atomic mass is 9.99. The Morgan fingerprint density at radius 3 is 1.38 bits per heavy atom. The molecule has 0 aromatic carbocycles. The van der Waals surface area contributed by atoms with Gasteiger partial charge in [0.1, 0.15) is 0 Å². The fourth-order valence-corrected chi connectivity index (χ4v) is 3.69. The van der Waals surface area contributed by atoms with Crippen LogP contribution in [-0.4, -0.2) is 36.8 Å². The summed E-state index contributed by atoms with van der Waals surface area (Å²) in [6.45, 7) is 2.15. The Labute approximate surface area is 209 Å². The highest BCUT2D eigenvalue weighted by Crippen LogP contribution is 2.47. The second-order valence-electron chi connectivity index (χ2n) is 9.03. The molecule has 0 fully saturated rings. The summed E-state index contributed by atoms with van der Waals surface area (Å²) in [6, 6.07) is 0. The number of carbonyl (C=O) groups is 1. The molecule has 0 bridgehead atoms. The summed E-state index contributed by atoms with van der Waals surface area (Å²) in [7, 11) is 0. The number of unbranched alkanes of at least 4 members (excludes halogenated alkanes) is 13. The first-order valence-corrected chi connectivity index (χ1v) is 12.5. The van der Waals surface area contributed by atoms with Crippen LogP contribution in [-0.2, 0) is 9.53 Å². The predicted molar refractivity (Wildman–Crippen MR) is 115 cm³/mol. The van der Waals surface area contributed by atoms with E-state index in [9.17, 15) is 53.1 Å². The summed E-state index contributed by atoms with van der Waals surface area (Å²) in [5, 5.41) is 0.0800. The predicted octanol–water partition coefficient (Wildman–Crippen LogP) is 9.21. The van der Waals surface area contributed by atoms with Gasteiger partial charge in [-0.05, 0) is 6.42 Å². The molecule has 0 rings (SSSR count). The molecule has 0 aromatic heterocycles. The SMILES string of the molecule is CCCCCCCCCCCCCCCCC(C(=O)NC(F)(OC(F)(F)F)C(F)(F)C(F)(F)F)C(F)F. The summed E-state index contributed by atoms with van der Waals surface area (Å²) >= 11 is 0. The molecule has 0 heterocycles. The maximum atomic E-state index is 14.2. The van der Waals surface area contributed by atoms with Crippen LogP contribution in [0.5, 0.6) is 0 Å². The van der Waals surface area contributed by atoms with Gasteiger partial charge in [0, 0.05) is 0 Å². The zero-order chi connectivity index (χ0) is 28.8. The Balaban J connectivity index is 4.59. The largest absolute Gasteiger partial charge is 0.526 e. The van der Waals surface area contributed by atoms with E-state index in [1.807, 2.05) is 0 Å². The van der Waals surface area contributed by atoms with Crippen LogP contribution in [0.15, 0.2) is 0 Å². The second kappa shape index (κ2) is 16.6. The van der Waals surface area contributed by atoms with E-state index in [1.54, 1.807) is 0 Å². The Morgan fingerprint density at radius 2 is 1.05 bits per heavy atom. The van der Waals surface area contributed by atoms with Crippen molar-refractivity contribution in [2.75, 3.05) is 0 Å². The van der Waals surface area contributed by atoms with Gasteiger partial charge in [0.2, 0.25) is 12.3 Å². The van der Waals surface area contributed by atoms with E-state index < -0.39 is 49.1 Å². The standard InChI is InChI=1S/C23H36F11NO2/c1-2-3-4-5-6-7-8-9-10-11-12-13-14-15-16-17(18(24)25)19(36)35-22(31,37-23(32,33)34)20(26,27)21(28,29)30/h17-18H,2-16H2,1H3,(H,35,36). The number of rotatable bonds is 20. The summed E-state index contributed by atoms with van der Waals surface area (Å²) in [5.74, 6) is -18.1. The summed E-state index contributed by atoms with van der Waals surface area (Å²) in [5.41, 5.74) is 0. The summed E-state index contributed by atoms with van der Waals surface area (Å²) in [4.78, 5) is 11.8. The maximum absolute atomic E-state index is 14.2. The second-order valence-corrected chi connectivity index (χ2v) is 9.03. The smallest absolute Gasteiger partial charge is 0.295 e. The Morgan fingerprint density at radius 1 is 0.676 bits per heavy atom. The molecule has 0 aliphatic carbocycles. The molecule has 14 heteroatoms. The van der Waals surface area contributed by atoms with Crippen molar-refractivity contribution in [3.05, 3.63) is 0 Å². The molecule has 0 spiro atoms. The third-order valence-electron chi connectivity index (χ3n) is 5.81. The number of amides is 1. The van der Waals surface area contributed by atoms with Crippen molar-refractivity contribution in [2.45, 2.75) is 134 Å². The number of hydrogen-bond donors (Lipinski definition) is 1. The van der Waals surface area contributed by atoms with Crippen LogP contribution in [0.2, 0.25) is 0 Å². The lowest BCUT2D eigenvalue weighted by Crippen LogP contribution is -2.67. The van der Waals surface area contributed by atoms with Crippen LogP contribution >= 0.6 is 0 Å². The average Bonchev–Trinajstić information content (AvgIpc) is 2.73. The van der Waals surface area contributed by atoms with Crippen LogP contribution in [0.25, 0.3) is 0 Å². The molecule has 222 valence electrons. The molecule has 0 aromatic rings. The van der Waals surface area contributed by atoms with Gasteiger partial charge in [-0.15, -0.1) is 13.2 Å². The van der Waals surface area contributed by atoms with Crippen molar-refractivity contribution < 1.29 is 57.8 Å². The molecule has 37 heavy (non-hydrogen) atoms. The number of nitrogens with one attached hydrogen (secondary N) is 1. The first-order chi connectivity index (χ1) is 17.0. The molecule has 1 N–H and O–H groups in total. The van der Waals surface area contributed by atoms with E-state index in [-0.39, 0.29) is 11.7 Å². The average molecular weight is 568 g/mol. The first kappa shape index (κ1) is 35.7. The van der Waals surface area contributed by atoms with Crippen LogP contribution in [0.4, 0.5) is 48.3 Å². The van der Waals surface area contributed by atoms with Crippen molar-refractivity contribution in [2.24, 2.45) is 5.92 Å². The van der Waals surface area contributed by atoms with E-state index in [0.29, 0.717) is 12.8 Å². The van der Waals surface area contributed by atoms with Gasteiger partial charge in [0.05, 0.1) is 5.92 Å². The van der Waals surface area contributed by atoms with Gasteiger partial charge in [-0.3, -0.25) is 10.1 Å². The normalized spacial score (nSPS) is 15.6. The summed E-state index contributed by atoms with van der Waals surface area (Å²) < 4.78 is 144. The zero-order valence-electron chi connectivity index (χ0n) is 20.7. The third-order valence-corrected chi connectivity index (χ3v) is 5.81. The Kier molecular flexibility index (Phi) is 16.0. The van der Waals surface area contributed by atoms with Crippen LogP contribution in [0.1, 0.15) is 103 Å². The van der Waals surface area contributed by atoms with Gasteiger partial charge in [-0.1, -0.05) is 96.8 Å². The van der Waals surface area contributed by atoms with Crippen molar-refractivity contribution in [3.8, 4) is 0 Å². The van der Waals surface area contributed by atoms with Crippen molar-refractivity contribution in [1.82, 2.24) is 5.32 Å². The highest BCUT2D eigenvalue weighted by Gasteiger charge is 2.76. The third kappa shape index (κ3) is 13.9. The number of ether oxygens (including phenoxy) is 1. The molecular weight excluding hydrogens is 531 g/mol. The topological polar surface area (TPSA) is 38.3 Å². The molecule has 2 atom stereocenters. The molecule has 2 unspecified atom stereocenters. The number of carbonyl (C=O) groups excluding carboxylic acids is 1. The van der Waals surface area contributed by atoms with Gasteiger partial charge in [-0.25, -0.2) is 13.5 Å².